The number of hydrogen-bond donors (Lipinski definition) is 0. The van der Waals surface area contributed by atoms with Gasteiger partial charge in [-0.05, 0) is 56.4 Å². The van der Waals surface area contributed by atoms with Gasteiger partial charge < -0.3 is 4.74 Å². The summed E-state index contributed by atoms with van der Waals surface area (Å²) < 4.78 is 7.74. The van der Waals surface area contributed by atoms with Gasteiger partial charge >= 0.3 is 0 Å². The number of benzene rings is 2. The van der Waals surface area contributed by atoms with E-state index in [1.807, 2.05) is 58.9 Å². The minimum Gasteiger partial charge on any atom is -0.472 e. The molecule has 0 radical (unpaired) electrons. The molecule has 0 amide bonds. The molecule has 0 bridgehead atoms. The number of nitrogens with zero attached hydrogens (tertiary/aromatic N) is 2. The number of aromatic nitrogens is 2. The number of rotatable bonds is 6. The van der Waals surface area contributed by atoms with E-state index in [-0.39, 0.29) is 16.6 Å². The van der Waals surface area contributed by atoms with Gasteiger partial charge in [-0.15, -0.1) is 0 Å². The second-order valence-electron chi connectivity index (χ2n) is 9.40. The highest BCUT2D eigenvalue weighted by atomic mass is 35.5. The van der Waals surface area contributed by atoms with Crippen molar-refractivity contribution in [3.05, 3.63) is 80.5 Å². The van der Waals surface area contributed by atoms with Crippen molar-refractivity contribution >= 4 is 23.2 Å². The predicted molar refractivity (Wildman–Crippen MR) is 129 cm³/mol. The van der Waals surface area contributed by atoms with Crippen LogP contribution in [0.4, 0.5) is 0 Å². The Labute approximate surface area is 199 Å². The van der Waals surface area contributed by atoms with Crippen LogP contribution in [0.15, 0.2) is 36.5 Å². The summed E-state index contributed by atoms with van der Waals surface area (Å²) in [5.74, 6) is 0.105. The van der Waals surface area contributed by atoms with E-state index < -0.39 is 5.41 Å². The molecule has 1 aromatic heterocycles. The topological polar surface area (TPSA) is 61.2 Å². The quantitative estimate of drug-likeness (QED) is 0.411. The molecule has 1 aliphatic rings. The Bertz CT molecular complexity index is 1240. The molecule has 172 valence electrons. The van der Waals surface area contributed by atoms with Crippen molar-refractivity contribution in [2.45, 2.75) is 60.6 Å². The first-order valence-corrected chi connectivity index (χ1v) is 11.7. The second-order valence-corrected chi connectivity index (χ2v) is 9.78. The maximum absolute atomic E-state index is 13.7. The van der Waals surface area contributed by atoms with Crippen molar-refractivity contribution in [1.29, 1.82) is 0 Å². The lowest BCUT2D eigenvalue weighted by molar-refractivity contribution is 0.0811. The molecule has 0 fully saturated rings. The van der Waals surface area contributed by atoms with Crippen molar-refractivity contribution in [2.24, 2.45) is 5.41 Å². The summed E-state index contributed by atoms with van der Waals surface area (Å²) in [5, 5.41) is 4.57. The zero-order valence-electron chi connectivity index (χ0n) is 19.8. The summed E-state index contributed by atoms with van der Waals surface area (Å²) in [6, 6.07) is 9.84. The van der Waals surface area contributed by atoms with Gasteiger partial charge in [0.1, 0.15) is 12.2 Å². The molecule has 0 saturated heterocycles. The summed E-state index contributed by atoms with van der Waals surface area (Å²) in [5.41, 5.74) is 4.67. The molecule has 6 heteroatoms. The average molecular weight is 465 g/mol. The van der Waals surface area contributed by atoms with Gasteiger partial charge in [-0.2, -0.15) is 5.10 Å². The van der Waals surface area contributed by atoms with Crippen LogP contribution in [0.5, 0.6) is 5.88 Å². The largest absolute Gasteiger partial charge is 0.472 e. The molecule has 0 atom stereocenters. The molecule has 4 rings (SSSR count). The van der Waals surface area contributed by atoms with Crippen LogP contribution in [0.1, 0.15) is 75.7 Å². The van der Waals surface area contributed by atoms with Gasteiger partial charge in [0.15, 0.2) is 5.78 Å². The summed E-state index contributed by atoms with van der Waals surface area (Å²) in [6.45, 7) is 10.6. The van der Waals surface area contributed by atoms with Gasteiger partial charge in [0.05, 0.1) is 11.2 Å². The molecule has 0 aliphatic heterocycles. The van der Waals surface area contributed by atoms with Crippen LogP contribution >= 0.6 is 11.6 Å². The van der Waals surface area contributed by atoms with E-state index in [2.05, 4.69) is 5.10 Å². The van der Waals surface area contributed by atoms with Crippen LogP contribution in [-0.2, 0) is 19.6 Å². The van der Waals surface area contributed by atoms with Gasteiger partial charge in [0, 0.05) is 23.1 Å². The molecule has 5 nitrogen and oxygen atoms in total. The molecule has 2 aromatic carbocycles. The van der Waals surface area contributed by atoms with Gasteiger partial charge in [-0.1, -0.05) is 55.3 Å². The van der Waals surface area contributed by atoms with Gasteiger partial charge in [-0.25, -0.2) is 4.68 Å². The number of fused-ring (bicyclic) bond motifs is 1. The normalized spacial score (nSPS) is 14.8. The lowest BCUT2D eigenvalue weighted by Crippen LogP contribution is -2.31. The third-order valence-corrected chi connectivity index (χ3v) is 6.90. The Morgan fingerprint density at radius 3 is 2.55 bits per heavy atom. The van der Waals surface area contributed by atoms with Crippen LogP contribution in [0, 0.1) is 19.3 Å². The van der Waals surface area contributed by atoms with Crippen LogP contribution < -0.4 is 4.74 Å². The lowest BCUT2D eigenvalue weighted by atomic mass is 9.71. The molecule has 1 aliphatic carbocycles. The predicted octanol–water partition coefficient (Wildman–Crippen LogP) is 6.14. The van der Waals surface area contributed by atoms with Crippen LogP contribution in [0.25, 0.3) is 0 Å². The molecule has 0 saturated carbocycles. The van der Waals surface area contributed by atoms with Crippen molar-refractivity contribution in [3.8, 4) is 5.88 Å². The molecule has 0 unspecified atom stereocenters. The van der Waals surface area contributed by atoms with E-state index in [4.69, 9.17) is 16.3 Å². The minimum atomic E-state index is -0.500. The Morgan fingerprint density at radius 2 is 1.88 bits per heavy atom. The summed E-state index contributed by atoms with van der Waals surface area (Å²) >= 11 is 6.74. The fourth-order valence-electron chi connectivity index (χ4n) is 4.33. The van der Waals surface area contributed by atoms with Gasteiger partial charge in [0.25, 0.3) is 0 Å². The fourth-order valence-corrected chi connectivity index (χ4v) is 4.67. The number of ketones is 2. The third kappa shape index (κ3) is 4.22. The van der Waals surface area contributed by atoms with Crippen LogP contribution in [-0.4, -0.2) is 21.3 Å². The van der Waals surface area contributed by atoms with E-state index in [9.17, 15) is 9.59 Å². The molecule has 0 N–H and O–H groups in total. The first-order chi connectivity index (χ1) is 15.6. The average Bonchev–Trinajstić information content (AvgIpc) is 3.20. The highest BCUT2D eigenvalue weighted by Gasteiger charge is 2.38. The zero-order valence-corrected chi connectivity index (χ0v) is 20.5. The maximum Gasteiger partial charge on any atom is 0.223 e. The van der Waals surface area contributed by atoms with Crippen LogP contribution in [0.3, 0.4) is 0 Å². The van der Waals surface area contributed by atoms with Crippen molar-refractivity contribution in [2.75, 3.05) is 0 Å². The summed E-state index contributed by atoms with van der Waals surface area (Å²) in [4.78, 5) is 26.8. The monoisotopic (exact) mass is 464 g/mol. The van der Waals surface area contributed by atoms with E-state index in [0.29, 0.717) is 35.7 Å². The SMILES string of the molecule is CCn1ncc(C(=O)c2cc(C)c3c(c2Cl)C(=O)C(C)(C)CC3)c1OCc1ccc(C)cc1. The maximum atomic E-state index is 13.7. The second kappa shape index (κ2) is 8.79. The molecule has 33 heavy (non-hydrogen) atoms. The molecule has 1 heterocycles. The molecular formula is C27H29ClN2O3. The minimum absolute atomic E-state index is 0.00778. The number of carbonyl (C=O) groups excluding carboxylic acids is 2. The van der Waals surface area contributed by atoms with Crippen molar-refractivity contribution < 1.29 is 14.3 Å². The summed E-state index contributed by atoms with van der Waals surface area (Å²) in [6.07, 6.45) is 3.06. The number of Topliss-reactive ketones (excluding diaryl/α,β-unsaturated/α-hetero) is 1. The molecule has 3 aromatic rings. The van der Waals surface area contributed by atoms with Gasteiger partial charge in [0.2, 0.25) is 11.7 Å². The van der Waals surface area contributed by atoms with E-state index in [1.165, 1.54) is 11.8 Å². The van der Waals surface area contributed by atoms with E-state index >= 15 is 0 Å². The van der Waals surface area contributed by atoms with E-state index in [0.717, 1.165) is 29.5 Å². The molecular weight excluding hydrogens is 436 g/mol. The number of aryl methyl sites for hydroxylation is 3. The lowest BCUT2D eigenvalue weighted by Gasteiger charge is -2.31. The van der Waals surface area contributed by atoms with Crippen LogP contribution in [0.2, 0.25) is 5.02 Å². The smallest absolute Gasteiger partial charge is 0.223 e. The third-order valence-electron chi connectivity index (χ3n) is 6.51. The Hall–Kier alpha value is -2.92. The van der Waals surface area contributed by atoms with Crippen molar-refractivity contribution in [3.63, 3.8) is 0 Å². The Balaban J connectivity index is 1.73. The highest BCUT2D eigenvalue weighted by molar-refractivity contribution is 6.38. The van der Waals surface area contributed by atoms with Gasteiger partial charge in [-0.3, -0.25) is 9.59 Å². The fraction of sp³-hybridized carbons (Fsp3) is 0.370. The number of halogens is 1. The number of ether oxygens (including phenoxy) is 1. The zero-order chi connectivity index (χ0) is 23.9. The molecule has 0 spiro atoms. The first kappa shape index (κ1) is 23.2. The Kier molecular flexibility index (Phi) is 6.19. The van der Waals surface area contributed by atoms with Crippen molar-refractivity contribution in [1.82, 2.24) is 9.78 Å². The Morgan fingerprint density at radius 1 is 1.18 bits per heavy atom. The first-order valence-electron chi connectivity index (χ1n) is 11.3. The highest BCUT2D eigenvalue weighted by Crippen LogP contribution is 2.41. The number of hydrogen-bond acceptors (Lipinski definition) is 4. The van der Waals surface area contributed by atoms with E-state index in [1.54, 1.807) is 10.7 Å². The summed E-state index contributed by atoms with van der Waals surface area (Å²) in [7, 11) is 0. The standard InChI is InChI=1S/C27H29ClN2O3/c1-6-30-26(33-15-18-9-7-16(2)8-10-18)21(14-29-30)24(31)20-13-17(3)19-11-12-27(4,5)25(32)22(19)23(20)28/h7-10,13-14H,6,11-12,15H2,1-5H3. The number of carbonyl (C=O) groups is 2.